The summed E-state index contributed by atoms with van der Waals surface area (Å²) in [6, 6.07) is 6.14. The molecular weight excluding hydrogens is 228 g/mol. The molecule has 0 aliphatic rings. The summed E-state index contributed by atoms with van der Waals surface area (Å²) < 4.78 is 10.6. The number of hydrogen-bond acceptors (Lipinski definition) is 2. The van der Waals surface area contributed by atoms with Crippen molar-refractivity contribution in [2.24, 2.45) is 0 Å². The maximum Gasteiger partial charge on any atom is 0.161 e. The molecule has 18 heavy (non-hydrogen) atoms. The van der Waals surface area contributed by atoms with Crippen LogP contribution in [0.2, 0.25) is 0 Å². The zero-order valence-corrected chi connectivity index (χ0v) is 12.2. The van der Waals surface area contributed by atoms with Crippen LogP contribution in [0.25, 0.3) is 0 Å². The lowest BCUT2D eigenvalue weighted by atomic mass is 10.2. The van der Waals surface area contributed by atoms with Crippen molar-refractivity contribution in [2.75, 3.05) is 48.5 Å². The van der Waals surface area contributed by atoms with Gasteiger partial charge in [0.15, 0.2) is 11.5 Å². The molecule has 1 rings (SSSR count). The zero-order valence-electron chi connectivity index (χ0n) is 12.2. The molecule has 0 radical (unpaired) electrons. The van der Waals surface area contributed by atoms with Gasteiger partial charge < -0.3 is 19.3 Å². The Labute approximate surface area is 110 Å². The van der Waals surface area contributed by atoms with E-state index >= 15 is 0 Å². The van der Waals surface area contributed by atoms with E-state index in [1.54, 1.807) is 14.2 Å². The third-order valence-corrected chi connectivity index (χ3v) is 3.01. The van der Waals surface area contributed by atoms with Crippen molar-refractivity contribution >= 4 is 0 Å². The summed E-state index contributed by atoms with van der Waals surface area (Å²) in [6.45, 7) is 3.35. The molecule has 2 N–H and O–H groups in total. The van der Waals surface area contributed by atoms with Crippen LogP contribution < -0.4 is 19.3 Å². The summed E-state index contributed by atoms with van der Waals surface area (Å²) >= 11 is 0. The van der Waals surface area contributed by atoms with Gasteiger partial charge in [0, 0.05) is 5.56 Å². The standard InChI is InChI=1S/C14H24N2O2/c1-15(2)8-9-16(3)11-12-6-7-13(17-4)14(10-12)18-5/h6-7,10H,8-9,11H2,1-5H3/p+2. The number of benzene rings is 1. The van der Waals surface area contributed by atoms with E-state index in [0.717, 1.165) is 24.6 Å². The van der Waals surface area contributed by atoms with Gasteiger partial charge in [0.05, 0.1) is 35.4 Å². The Kier molecular flexibility index (Phi) is 5.95. The minimum absolute atomic E-state index is 0.789. The molecule has 0 bridgehead atoms. The van der Waals surface area contributed by atoms with Gasteiger partial charge in [-0.15, -0.1) is 0 Å². The molecule has 0 amide bonds. The number of rotatable bonds is 7. The van der Waals surface area contributed by atoms with Crippen LogP contribution in [0.3, 0.4) is 0 Å². The Morgan fingerprint density at radius 3 is 2.17 bits per heavy atom. The molecule has 1 atom stereocenters. The van der Waals surface area contributed by atoms with Crippen LogP contribution in [-0.4, -0.2) is 48.5 Å². The Hall–Kier alpha value is -1.26. The maximum absolute atomic E-state index is 5.32. The van der Waals surface area contributed by atoms with Gasteiger partial charge in [0.25, 0.3) is 0 Å². The molecule has 0 saturated heterocycles. The van der Waals surface area contributed by atoms with Crippen LogP contribution in [0, 0.1) is 0 Å². The molecule has 1 aromatic rings. The molecule has 102 valence electrons. The smallest absolute Gasteiger partial charge is 0.161 e. The second kappa shape index (κ2) is 7.24. The van der Waals surface area contributed by atoms with E-state index in [4.69, 9.17) is 9.47 Å². The van der Waals surface area contributed by atoms with Gasteiger partial charge >= 0.3 is 0 Å². The van der Waals surface area contributed by atoms with E-state index in [1.807, 2.05) is 6.07 Å². The third-order valence-electron chi connectivity index (χ3n) is 3.01. The van der Waals surface area contributed by atoms with E-state index in [0.29, 0.717) is 0 Å². The topological polar surface area (TPSA) is 27.3 Å². The first-order chi connectivity index (χ1) is 8.56. The van der Waals surface area contributed by atoms with Crippen molar-refractivity contribution in [3.8, 4) is 11.5 Å². The second-order valence-electron chi connectivity index (χ2n) is 5.03. The predicted octanol–water partition coefficient (Wildman–Crippen LogP) is -1.14. The third kappa shape index (κ3) is 4.55. The summed E-state index contributed by atoms with van der Waals surface area (Å²) in [5.41, 5.74) is 1.28. The Morgan fingerprint density at radius 2 is 1.61 bits per heavy atom. The number of ether oxygens (including phenoxy) is 2. The van der Waals surface area contributed by atoms with E-state index in [9.17, 15) is 0 Å². The summed E-state index contributed by atoms with van der Waals surface area (Å²) in [5.74, 6) is 1.60. The first-order valence-electron chi connectivity index (χ1n) is 6.38. The van der Waals surface area contributed by atoms with Crippen molar-refractivity contribution < 1.29 is 19.3 Å². The minimum atomic E-state index is 0.789. The monoisotopic (exact) mass is 254 g/mol. The highest BCUT2D eigenvalue weighted by Crippen LogP contribution is 2.27. The number of nitrogens with one attached hydrogen (secondary N) is 2. The average molecular weight is 254 g/mol. The molecular formula is C14H26N2O2+2. The van der Waals surface area contributed by atoms with Crippen LogP contribution >= 0.6 is 0 Å². The molecule has 0 heterocycles. The minimum Gasteiger partial charge on any atom is -0.493 e. The molecule has 4 nitrogen and oxygen atoms in total. The lowest BCUT2D eigenvalue weighted by molar-refractivity contribution is -0.937. The van der Waals surface area contributed by atoms with E-state index in [-0.39, 0.29) is 0 Å². The summed E-state index contributed by atoms with van der Waals surface area (Å²) in [6.07, 6.45) is 0. The summed E-state index contributed by atoms with van der Waals surface area (Å²) in [4.78, 5) is 2.99. The van der Waals surface area contributed by atoms with Crippen LogP contribution in [-0.2, 0) is 6.54 Å². The van der Waals surface area contributed by atoms with Gasteiger partial charge in [-0.3, -0.25) is 0 Å². The Morgan fingerprint density at radius 1 is 0.944 bits per heavy atom. The normalized spacial score (nSPS) is 12.6. The number of methoxy groups -OCH3 is 2. The molecule has 1 aromatic carbocycles. The number of likely N-dealkylation sites (N-methyl/N-ethyl adjacent to an activating group) is 2. The highest BCUT2D eigenvalue weighted by molar-refractivity contribution is 5.42. The van der Waals surface area contributed by atoms with E-state index < -0.39 is 0 Å². The van der Waals surface area contributed by atoms with E-state index in [2.05, 4.69) is 33.3 Å². The molecule has 4 heteroatoms. The van der Waals surface area contributed by atoms with Crippen LogP contribution in [0.15, 0.2) is 18.2 Å². The van der Waals surface area contributed by atoms with E-state index in [1.165, 1.54) is 21.9 Å². The molecule has 0 saturated carbocycles. The van der Waals surface area contributed by atoms with Gasteiger partial charge in [-0.1, -0.05) is 0 Å². The lowest BCUT2D eigenvalue weighted by Gasteiger charge is -2.16. The first-order valence-corrected chi connectivity index (χ1v) is 6.38. The van der Waals surface area contributed by atoms with Gasteiger partial charge in [0.1, 0.15) is 19.6 Å². The molecule has 0 aliphatic carbocycles. The summed E-state index contributed by atoms with van der Waals surface area (Å²) in [5, 5.41) is 0. The van der Waals surface area contributed by atoms with Crippen molar-refractivity contribution in [3.05, 3.63) is 23.8 Å². The van der Waals surface area contributed by atoms with Gasteiger partial charge in [-0.2, -0.15) is 0 Å². The second-order valence-corrected chi connectivity index (χ2v) is 5.03. The van der Waals surface area contributed by atoms with Gasteiger partial charge in [0.2, 0.25) is 0 Å². The predicted molar refractivity (Wildman–Crippen MR) is 72.7 cm³/mol. The van der Waals surface area contributed by atoms with Crippen molar-refractivity contribution in [1.29, 1.82) is 0 Å². The first kappa shape index (κ1) is 14.8. The lowest BCUT2D eigenvalue weighted by Crippen LogP contribution is -3.15. The fraction of sp³-hybridized carbons (Fsp3) is 0.571. The Bertz CT molecular complexity index is 367. The van der Waals surface area contributed by atoms with Crippen LogP contribution in [0.1, 0.15) is 5.56 Å². The zero-order chi connectivity index (χ0) is 13.5. The van der Waals surface area contributed by atoms with Gasteiger partial charge in [-0.25, -0.2) is 0 Å². The van der Waals surface area contributed by atoms with Crippen molar-refractivity contribution in [3.63, 3.8) is 0 Å². The summed E-state index contributed by atoms with van der Waals surface area (Å²) in [7, 11) is 9.93. The molecule has 0 fully saturated rings. The van der Waals surface area contributed by atoms with Crippen LogP contribution in [0.5, 0.6) is 11.5 Å². The largest absolute Gasteiger partial charge is 0.493 e. The van der Waals surface area contributed by atoms with Crippen molar-refractivity contribution in [1.82, 2.24) is 0 Å². The molecule has 0 spiro atoms. The molecule has 0 aromatic heterocycles. The highest BCUT2D eigenvalue weighted by atomic mass is 16.5. The quantitative estimate of drug-likeness (QED) is 0.644. The van der Waals surface area contributed by atoms with Crippen molar-refractivity contribution in [2.45, 2.75) is 6.54 Å². The molecule has 1 unspecified atom stereocenters. The maximum atomic E-state index is 5.32. The average Bonchev–Trinajstić information content (AvgIpc) is 2.36. The SMILES string of the molecule is COc1ccc(C[NH+](C)CC[NH+](C)C)cc1OC. The van der Waals surface area contributed by atoms with Gasteiger partial charge in [-0.05, 0) is 18.2 Å². The fourth-order valence-corrected chi connectivity index (χ4v) is 1.89. The molecule has 0 aliphatic heterocycles. The highest BCUT2D eigenvalue weighted by Gasteiger charge is 2.09. The number of quaternary nitrogens is 2. The van der Waals surface area contributed by atoms with Crippen LogP contribution in [0.4, 0.5) is 0 Å². The fourth-order valence-electron chi connectivity index (χ4n) is 1.89. The number of hydrogen-bond donors (Lipinski definition) is 2. The Balaban J connectivity index is 2.61.